The topological polar surface area (TPSA) is 101 Å². The summed E-state index contributed by atoms with van der Waals surface area (Å²) in [5, 5.41) is 7.39. The Hall–Kier alpha value is -1.44. The maximum atomic E-state index is 10.7. The summed E-state index contributed by atoms with van der Waals surface area (Å²) in [5.41, 5.74) is 1.41. The lowest BCUT2D eigenvalue weighted by Crippen LogP contribution is -2.30. The van der Waals surface area contributed by atoms with Gasteiger partial charge < -0.3 is 5.32 Å². The van der Waals surface area contributed by atoms with Crippen LogP contribution in [0.2, 0.25) is 0 Å². The molecule has 0 unspecified atom stereocenters. The molecule has 1 rings (SSSR count). The Kier molecular flexibility index (Phi) is 3.99. The number of hydrogen-bond donors (Lipinski definition) is 3. The van der Waals surface area contributed by atoms with Crippen LogP contribution in [0, 0.1) is 0 Å². The molecule has 6 nitrogen and oxygen atoms in total. The van der Waals surface area contributed by atoms with Gasteiger partial charge in [0.15, 0.2) is 0 Å². The molecule has 0 fully saturated rings. The summed E-state index contributed by atoms with van der Waals surface area (Å²) in [6.45, 7) is 1.54. The van der Waals surface area contributed by atoms with Crippen LogP contribution in [0.3, 0.4) is 0 Å². The van der Waals surface area contributed by atoms with E-state index in [2.05, 4.69) is 10.0 Å². The first kappa shape index (κ1) is 12.6. The van der Waals surface area contributed by atoms with Gasteiger partial charge in [0, 0.05) is 19.2 Å². The van der Waals surface area contributed by atoms with Crippen molar-refractivity contribution in [2.45, 2.75) is 13.5 Å². The number of benzene rings is 1. The quantitative estimate of drug-likeness (QED) is 0.690. The van der Waals surface area contributed by atoms with E-state index in [1.165, 1.54) is 6.92 Å². The SMILES string of the molecule is CC(=O)Nc1ccc(CNS(N)(=O)=O)cc1. The Morgan fingerprint density at radius 1 is 1.31 bits per heavy atom. The van der Waals surface area contributed by atoms with Crippen LogP contribution in [0.25, 0.3) is 0 Å². The Labute approximate surface area is 94.0 Å². The zero-order chi connectivity index (χ0) is 12.2. The fourth-order valence-electron chi connectivity index (χ4n) is 1.09. The van der Waals surface area contributed by atoms with Crippen molar-refractivity contribution in [1.82, 2.24) is 4.72 Å². The fraction of sp³-hybridized carbons (Fsp3) is 0.222. The van der Waals surface area contributed by atoms with Crippen LogP contribution in [0.1, 0.15) is 12.5 Å². The number of nitrogens with one attached hydrogen (secondary N) is 2. The molecule has 4 N–H and O–H groups in total. The van der Waals surface area contributed by atoms with Crippen molar-refractivity contribution in [1.29, 1.82) is 0 Å². The molecule has 0 aliphatic rings. The van der Waals surface area contributed by atoms with E-state index < -0.39 is 10.2 Å². The highest BCUT2D eigenvalue weighted by Crippen LogP contribution is 2.09. The van der Waals surface area contributed by atoms with Gasteiger partial charge in [-0.2, -0.15) is 13.1 Å². The maximum absolute atomic E-state index is 10.7. The lowest BCUT2D eigenvalue weighted by Gasteiger charge is -2.04. The number of hydrogen-bond acceptors (Lipinski definition) is 3. The third-order valence-electron chi connectivity index (χ3n) is 1.75. The molecular formula is C9H13N3O3S. The Morgan fingerprint density at radius 2 is 1.88 bits per heavy atom. The molecule has 0 saturated carbocycles. The summed E-state index contributed by atoms with van der Waals surface area (Å²) in [5.74, 6) is -0.157. The third kappa shape index (κ3) is 4.87. The Bertz CT molecular complexity index is 467. The highest BCUT2D eigenvalue weighted by atomic mass is 32.2. The van der Waals surface area contributed by atoms with E-state index in [0.717, 1.165) is 5.56 Å². The second kappa shape index (κ2) is 5.06. The van der Waals surface area contributed by atoms with Crippen molar-refractivity contribution in [2.24, 2.45) is 5.14 Å². The van der Waals surface area contributed by atoms with E-state index in [4.69, 9.17) is 5.14 Å². The number of rotatable bonds is 4. The minimum atomic E-state index is -3.67. The first-order valence-electron chi connectivity index (χ1n) is 4.51. The van der Waals surface area contributed by atoms with Gasteiger partial charge in [0.2, 0.25) is 5.91 Å². The van der Waals surface area contributed by atoms with E-state index in [9.17, 15) is 13.2 Å². The largest absolute Gasteiger partial charge is 0.326 e. The minimum absolute atomic E-state index is 0.124. The zero-order valence-corrected chi connectivity index (χ0v) is 9.54. The maximum Gasteiger partial charge on any atom is 0.274 e. The number of carbonyl (C=O) groups excluding carboxylic acids is 1. The van der Waals surface area contributed by atoms with Gasteiger partial charge in [-0.15, -0.1) is 0 Å². The van der Waals surface area contributed by atoms with Crippen LogP contribution >= 0.6 is 0 Å². The monoisotopic (exact) mass is 243 g/mol. The van der Waals surface area contributed by atoms with Gasteiger partial charge in [0.1, 0.15) is 0 Å². The van der Waals surface area contributed by atoms with E-state index in [0.29, 0.717) is 5.69 Å². The van der Waals surface area contributed by atoms with E-state index >= 15 is 0 Å². The summed E-state index contributed by atoms with van der Waals surface area (Å²) >= 11 is 0. The Balaban J connectivity index is 2.61. The van der Waals surface area contributed by atoms with Crippen molar-refractivity contribution in [2.75, 3.05) is 5.32 Å². The Morgan fingerprint density at radius 3 is 2.31 bits per heavy atom. The fourth-order valence-corrected chi connectivity index (χ4v) is 1.46. The van der Waals surface area contributed by atoms with Crippen molar-refractivity contribution in [3.63, 3.8) is 0 Å². The first-order valence-corrected chi connectivity index (χ1v) is 6.05. The van der Waals surface area contributed by atoms with Crippen molar-refractivity contribution in [3.8, 4) is 0 Å². The van der Waals surface area contributed by atoms with Crippen molar-refractivity contribution >= 4 is 21.8 Å². The molecule has 0 aliphatic carbocycles. The molecule has 0 bridgehead atoms. The van der Waals surface area contributed by atoms with E-state index in [1.54, 1.807) is 24.3 Å². The lowest BCUT2D eigenvalue weighted by atomic mass is 10.2. The lowest BCUT2D eigenvalue weighted by molar-refractivity contribution is -0.114. The highest BCUT2D eigenvalue weighted by Gasteiger charge is 2.01. The third-order valence-corrected chi connectivity index (χ3v) is 2.30. The average molecular weight is 243 g/mol. The molecule has 1 amide bonds. The average Bonchev–Trinajstić information content (AvgIpc) is 2.14. The zero-order valence-electron chi connectivity index (χ0n) is 8.73. The summed E-state index contributed by atoms with van der Waals surface area (Å²) in [6, 6.07) is 6.76. The van der Waals surface area contributed by atoms with Gasteiger partial charge in [-0.3, -0.25) is 4.79 Å². The molecule has 1 aromatic carbocycles. The predicted octanol–water partition coefficient (Wildman–Crippen LogP) is -0.0619. The smallest absolute Gasteiger partial charge is 0.274 e. The summed E-state index contributed by atoms with van der Waals surface area (Å²) < 4.78 is 23.4. The normalized spacial score (nSPS) is 11.1. The van der Waals surface area contributed by atoms with Crippen molar-refractivity contribution in [3.05, 3.63) is 29.8 Å². The second-order valence-corrected chi connectivity index (χ2v) is 4.62. The van der Waals surface area contributed by atoms with Gasteiger partial charge in [0.25, 0.3) is 10.2 Å². The van der Waals surface area contributed by atoms with Crippen LogP contribution in [0.4, 0.5) is 5.69 Å². The number of anilines is 1. The summed E-state index contributed by atoms with van der Waals surface area (Å²) in [7, 11) is -3.67. The molecule has 88 valence electrons. The second-order valence-electron chi connectivity index (χ2n) is 3.24. The van der Waals surface area contributed by atoms with E-state index in [-0.39, 0.29) is 12.5 Å². The summed E-state index contributed by atoms with van der Waals surface area (Å²) in [6.07, 6.45) is 0. The number of nitrogens with two attached hydrogens (primary N) is 1. The van der Waals surface area contributed by atoms with Gasteiger partial charge in [-0.05, 0) is 17.7 Å². The van der Waals surface area contributed by atoms with Gasteiger partial charge in [-0.25, -0.2) is 5.14 Å². The van der Waals surface area contributed by atoms with Crippen molar-refractivity contribution < 1.29 is 13.2 Å². The molecule has 7 heteroatoms. The van der Waals surface area contributed by atoms with Crippen LogP contribution in [-0.2, 0) is 21.5 Å². The van der Waals surface area contributed by atoms with Gasteiger partial charge >= 0.3 is 0 Å². The first-order chi connectivity index (χ1) is 7.37. The molecule has 0 radical (unpaired) electrons. The molecule has 16 heavy (non-hydrogen) atoms. The summed E-state index contributed by atoms with van der Waals surface area (Å²) in [4.78, 5) is 10.7. The van der Waals surface area contributed by atoms with Crippen LogP contribution in [-0.4, -0.2) is 14.3 Å². The minimum Gasteiger partial charge on any atom is -0.326 e. The molecule has 0 atom stereocenters. The molecule has 1 aromatic rings. The molecule has 0 aromatic heterocycles. The van der Waals surface area contributed by atoms with E-state index in [1.807, 2.05) is 0 Å². The van der Waals surface area contributed by atoms with Crippen LogP contribution in [0.5, 0.6) is 0 Å². The molecule has 0 aliphatic heterocycles. The van der Waals surface area contributed by atoms with Crippen LogP contribution in [0.15, 0.2) is 24.3 Å². The number of carbonyl (C=O) groups is 1. The molecule has 0 heterocycles. The predicted molar refractivity (Wildman–Crippen MR) is 60.7 cm³/mol. The van der Waals surface area contributed by atoms with Gasteiger partial charge in [0.05, 0.1) is 0 Å². The number of amides is 1. The molecular weight excluding hydrogens is 230 g/mol. The molecule has 0 spiro atoms. The molecule has 0 saturated heterocycles. The van der Waals surface area contributed by atoms with Gasteiger partial charge in [-0.1, -0.05) is 12.1 Å². The standard InChI is InChI=1S/C9H13N3O3S/c1-7(13)12-9-4-2-8(3-5-9)6-11-16(10,14)15/h2-5,11H,6H2,1H3,(H,12,13)(H2,10,14,15). The van der Waals surface area contributed by atoms with Crippen LogP contribution < -0.4 is 15.2 Å². The highest BCUT2D eigenvalue weighted by molar-refractivity contribution is 7.87.